The van der Waals surface area contributed by atoms with Crippen LogP contribution in [0.3, 0.4) is 0 Å². The van der Waals surface area contributed by atoms with Crippen molar-refractivity contribution in [2.24, 2.45) is 5.10 Å². The Morgan fingerprint density at radius 3 is 2.53 bits per heavy atom. The molecule has 8 heteroatoms. The van der Waals surface area contributed by atoms with Gasteiger partial charge in [-0.15, -0.1) is 0 Å². The summed E-state index contributed by atoms with van der Waals surface area (Å²) in [6.45, 7) is 0.367. The van der Waals surface area contributed by atoms with E-state index in [4.69, 9.17) is 9.47 Å². The summed E-state index contributed by atoms with van der Waals surface area (Å²) in [6.07, 6.45) is 1.42. The molecular formula is C22H19N3O5. The summed E-state index contributed by atoms with van der Waals surface area (Å²) in [5.41, 5.74) is 3.61. The van der Waals surface area contributed by atoms with Gasteiger partial charge in [0, 0.05) is 6.07 Å². The fraction of sp³-hybridized carbons (Fsp3) is 0.0909. The molecule has 0 aromatic heterocycles. The summed E-state index contributed by atoms with van der Waals surface area (Å²) in [5.74, 6) is 0.412. The average molecular weight is 405 g/mol. The van der Waals surface area contributed by atoms with E-state index in [0.717, 1.165) is 5.56 Å². The van der Waals surface area contributed by atoms with Gasteiger partial charge in [0.25, 0.3) is 11.6 Å². The van der Waals surface area contributed by atoms with E-state index in [1.807, 2.05) is 30.3 Å². The van der Waals surface area contributed by atoms with E-state index in [9.17, 15) is 14.9 Å². The van der Waals surface area contributed by atoms with Gasteiger partial charge in [-0.1, -0.05) is 42.5 Å². The molecule has 0 spiro atoms. The van der Waals surface area contributed by atoms with Crippen molar-refractivity contribution in [3.63, 3.8) is 0 Å². The van der Waals surface area contributed by atoms with Crippen molar-refractivity contribution in [3.8, 4) is 11.5 Å². The first kappa shape index (κ1) is 20.5. The van der Waals surface area contributed by atoms with Gasteiger partial charge in [-0.25, -0.2) is 5.43 Å². The molecule has 0 heterocycles. The maximum absolute atomic E-state index is 12.2. The van der Waals surface area contributed by atoms with E-state index in [1.165, 1.54) is 24.4 Å². The number of hydrogen-bond acceptors (Lipinski definition) is 6. The SMILES string of the molecule is COc1ccc(/C=N\NC(=O)c2ccccc2[N+](=O)[O-])cc1OCc1ccccc1. The number of benzene rings is 3. The lowest BCUT2D eigenvalue weighted by Crippen LogP contribution is -2.18. The highest BCUT2D eigenvalue weighted by Crippen LogP contribution is 2.28. The Morgan fingerprint density at radius 2 is 1.80 bits per heavy atom. The van der Waals surface area contributed by atoms with Crippen LogP contribution in [0.15, 0.2) is 77.9 Å². The van der Waals surface area contributed by atoms with Gasteiger partial charge in [0.1, 0.15) is 12.2 Å². The van der Waals surface area contributed by atoms with Crippen molar-refractivity contribution in [1.29, 1.82) is 0 Å². The molecule has 0 unspecified atom stereocenters. The third-order valence-corrected chi connectivity index (χ3v) is 4.15. The second kappa shape index (κ2) is 9.83. The number of methoxy groups -OCH3 is 1. The molecule has 0 aliphatic heterocycles. The first-order chi connectivity index (χ1) is 14.6. The van der Waals surface area contributed by atoms with Gasteiger partial charge in [0.2, 0.25) is 0 Å². The van der Waals surface area contributed by atoms with E-state index < -0.39 is 10.8 Å². The monoisotopic (exact) mass is 405 g/mol. The average Bonchev–Trinajstić information content (AvgIpc) is 2.78. The van der Waals surface area contributed by atoms with E-state index in [1.54, 1.807) is 31.4 Å². The second-order valence-corrected chi connectivity index (χ2v) is 6.16. The van der Waals surface area contributed by atoms with Crippen LogP contribution in [0.25, 0.3) is 0 Å². The molecule has 0 saturated heterocycles. The summed E-state index contributed by atoms with van der Waals surface area (Å²) in [6, 6.07) is 20.6. The third-order valence-electron chi connectivity index (χ3n) is 4.15. The molecule has 0 bridgehead atoms. The molecule has 1 N–H and O–H groups in total. The number of nitrogens with one attached hydrogen (secondary N) is 1. The minimum Gasteiger partial charge on any atom is -0.493 e. The van der Waals surface area contributed by atoms with Gasteiger partial charge >= 0.3 is 0 Å². The molecule has 0 atom stereocenters. The second-order valence-electron chi connectivity index (χ2n) is 6.16. The maximum atomic E-state index is 12.2. The van der Waals surface area contributed by atoms with Gasteiger partial charge in [-0.2, -0.15) is 5.10 Å². The predicted octanol–water partition coefficient (Wildman–Crippen LogP) is 3.95. The number of nitro groups is 1. The van der Waals surface area contributed by atoms with Crippen molar-refractivity contribution >= 4 is 17.8 Å². The normalized spacial score (nSPS) is 10.6. The Bertz CT molecular complexity index is 1070. The number of ether oxygens (including phenoxy) is 2. The quantitative estimate of drug-likeness (QED) is 0.347. The van der Waals surface area contributed by atoms with Crippen LogP contribution in [0.4, 0.5) is 5.69 Å². The molecule has 152 valence electrons. The Labute approximate surface area is 172 Å². The minimum absolute atomic E-state index is 0.0683. The molecular weight excluding hydrogens is 386 g/mol. The largest absolute Gasteiger partial charge is 0.493 e. The van der Waals surface area contributed by atoms with Gasteiger partial charge in [-0.05, 0) is 35.4 Å². The molecule has 1 amide bonds. The first-order valence-electron chi connectivity index (χ1n) is 9.00. The number of hydrogen-bond donors (Lipinski definition) is 1. The maximum Gasteiger partial charge on any atom is 0.282 e. The number of nitrogens with zero attached hydrogens (tertiary/aromatic N) is 2. The zero-order valence-electron chi connectivity index (χ0n) is 16.1. The van der Waals surface area contributed by atoms with Crippen LogP contribution in [-0.2, 0) is 6.61 Å². The fourth-order valence-corrected chi connectivity index (χ4v) is 2.67. The Morgan fingerprint density at radius 1 is 1.07 bits per heavy atom. The molecule has 30 heavy (non-hydrogen) atoms. The molecule has 8 nitrogen and oxygen atoms in total. The first-order valence-corrected chi connectivity index (χ1v) is 9.00. The summed E-state index contributed by atoms with van der Waals surface area (Å²) in [5, 5.41) is 14.9. The topological polar surface area (TPSA) is 103 Å². The number of carbonyl (C=O) groups excluding carboxylic acids is 1. The highest BCUT2D eigenvalue weighted by molar-refractivity contribution is 5.98. The van der Waals surface area contributed by atoms with Gasteiger partial charge in [0.15, 0.2) is 11.5 Å². The lowest BCUT2D eigenvalue weighted by molar-refractivity contribution is -0.385. The van der Waals surface area contributed by atoms with Crippen LogP contribution < -0.4 is 14.9 Å². The van der Waals surface area contributed by atoms with E-state index in [0.29, 0.717) is 23.7 Å². The van der Waals surface area contributed by atoms with Crippen molar-refractivity contribution in [2.75, 3.05) is 7.11 Å². The van der Waals surface area contributed by atoms with Crippen molar-refractivity contribution in [1.82, 2.24) is 5.43 Å². The van der Waals surface area contributed by atoms with Crippen molar-refractivity contribution in [2.45, 2.75) is 6.61 Å². The summed E-state index contributed by atoms with van der Waals surface area (Å²) in [7, 11) is 1.55. The van der Waals surface area contributed by atoms with Crippen LogP contribution >= 0.6 is 0 Å². The lowest BCUT2D eigenvalue weighted by atomic mass is 10.2. The molecule has 0 aliphatic carbocycles. The van der Waals surface area contributed by atoms with Crippen LogP contribution in [0.1, 0.15) is 21.5 Å². The number of rotatable bonds is 8. The van der Waals surface area contributed by atoms with E-state index in [-0.39, 0.29) is 11.3 Å². The molecule has 0 fully saturated rings. The van der Waals surface area contributed by atoms with Crippen LogP contribution in [-0.4, -0.2) is 24.2 Å². The van der Waals surface area contributed by atoms with Crippen LogP contribution in [0.2, 0.25) is 0 Å². The molecule has 0 saturated carbocycles. The van der Waals surface area contributed by atoms with Crippen LogP contribution in [0, 0.1) is 10.1 Å². The third kappa shape index (κ3) is 5.20. The fourth-order valence-electron chi connectivity index (χ4n) is 2.67. The summed E-state index contributed by atoms with van der Waals surface area (Å²) in [4.78, 5) is 22.6. The number of amides is 1. The smallest absolute Gasteiger partial charge is 0.282 e. The Kier molecular flexibility index (Phi) is 6.73. The molecule has 3 aromatic carbocycles. The number of nitro benzene ring substituents is 1. The minimum atomic E-state index is -0.674. The zero-order valence-corrected chi connectivity index (χ0v) is 16.1. The molecule has 0 radical (unpaired) electrons. The summed E-state index contributed by atoms with van der Waals surface area (Å²) >= 11 is 0. The molecule has 3 aromatic rings. The zero-order chi connectivity index (χ0) is 21.3. The van der Waals surface area contributed by atoms with Gasteiger partial charge in [0.05, 0.1) is 18.2 Å². The van der Waals surface area contributed by atoms with E-state index in [2.05, 4.69) is 10.5 Å². The van der Waals surface area contributed by atoms with Crippen molar-refractivity contribution in [3.05, 3.63) is 99.6 Å². The lowest BCUT2D eigenvalue weighted by Gasteiger charge is -2.11. The number of carbonyl (C=O) groups is 1. The van der Waals surface area contributed by atoms with Crippen molar-refractivity contribution < 1.29 is 19.2 Å². The molecule has 3 rings (SSSR count). The summed E-state index contributed by atoms with van der Waals surface area (Å²) < 4.78 is 11.2. The highest BCUT2D eigenvalue weighted by atomic mass is 16.6. The van der Waals surface area contributed by atoms with Crippen LogP contribution in [0.5, 0.6) is 11.5 Å². The highest BCUT2D eigenvalue weighted by Gasteiger charge is 2.18. The number of para-hydroxylation sites is 1. The standard InChI is InChI=1S/C22H19N3O5/c1-29-20-12-11-17(13-21(20)30-15-16-7-3-2-4-8-16)14-23-24-22(26)18-9-5-6-10-19(18)25(27)28/h2-14H,15H2,1H3,(H,24,26)/b23-14-. The van der Waals surface area contributed by atoms with Gasteiger partial charge < -0.3 is 9.47 Å². The number of hydrazone groups is 1. The molecule has 0 aliphatic rings. The predicted molar refractivity (Wildman–Crippen MR) is 112 cm³/mol. The van der Waals surface area contributed by atoms with E-state index >= 15 is 0 Å². The Hall–Kier alpha value is -4.20. The Balaban J connectivity index is 1.69. The van der Waals surface area contributed by atoms with Gasteiger partial charge in [-0.3, -0.25) is 14.9 Å².